The van der Waals surface area contributed by atoms with Gasteiger partial charge >= 0.3 is 0 Å². The van der Waals surface area contributed by atoms with Gasteiger partial charge in [0.25, 0.3) is 0 Å². The summed E-state index contributed by atoms with van der Waals surface area (Å²) in [6, 6.07) is -0.169. The van der Waals surface area contributed by atoms with Gasteiger partial charge in [0.15, 0.2) is 0 Å². The van der Waals surface area contributed by atoms with E-state index in [2.05, 4.69) is 5.32 Å². The molecule has 1 atom stereocenters. The summed E-state index contributed by atoms with van der Waals surface area (Å²) >= 11 is 1.72. The number of amides is 1. The maximum Gasteiger partial charge on any atom is 0.236 e. The summed E-state index contributed by atoms with van der Waals surface area (Å²) in [5, 5.41) is 3.03. The molecule has 3 N–H and O–H groups in total. The second-order valence-corrected chi connectivity index (χ2v) is 4.56. The van der Waals surface area contributed by atoms with Crippen LogP contribution in [0.1, 0.15) is 13.8 Å². The molecule has 0 spiro atoms. The average Bonchev–Trinajstić information content (AvgIpc) is 2.08. The highest BCUT2D eigenvalue weighted by Crippen LogP contribution is 2.32. The van der Waals surface area contributed by atoms with Gasteiger partial charge in [-0.2, -0.15) is 0 Å². The zero-order chi connectivity index (χ0) is 7.78. The van der Waals surface area contributed by atoms with E-state index in [4.69, 9.17) is 5.73 Å². The van der Waals surface area contributed by atoms with Gasteiger partial charge in [0.2, 0.25) is 5.91 Å². The Morgan fingerprint density at radius 3 is 2.45 bits per heavy atom. The molecular weight excluding hydrogens is 184 g/mol. The topological polar surface area (TPSA) is 55.1 Å². The van der Waals surface area contributed by atoms with Crippen molar-refractivity contribution >= 4 is 30.1 Å². The van der Waals surface area contributed by atoms with Gasteiger partial charge in [-0.3, -0.25) is 10.1 Å². The van der Waals surface area contributed by atoms with E-state index in [1.807, 2.05) is 13.8 Å². The smallest absolute Gasteiger partial charge is 0.236 e. The van der Waals surface area contributed by atoms with Crippen molar-refractivity contribution in [1.29, 1.82) is 0 Å². The maximum absolute atomic E-state index is 10.8. The maximum atomic E-state index is 10.8. The summed E-state index contributed by atoms with van der Waals surface area (Å²) in [4.78, 5) is 10.8. The van der Waals surface area contributed by atoms with Crippen LogP contribution in [0.3, 0.4) is 0 Å². The summed E-state index contributed by atoms with van der Waals surface area (Å²) in [5.74, 6) is 0.565. The van der Waals surface area contributed by atoms with E-state index < -0.39 is 0 Å². The van der Waals surface area contributed by atoms with Crippen molar-refractivity contribution in [3.63, 3.8) is 0 Å². The number of hydrogen-bond donors (Lipinski definition) is 2. The summed E-state index contributed by atoms with van der Waals surface area (Å²) in [7, 11) is 0. The first-order valence-corrected chi connectivity index (χ1v) is 4.19. The van der Waals surface area contributed by atoms with Crippen LogP contribution >= 0.6 is 24.2 Å². The zero-order valence-corrected chi connectivity index (χ0v) is 8.22. The van der Waals surface area contributed by atoms with E-state index in [1.165, 1.54) is 0 Å². The molecule has 1 aliphatic heterocycles. The van der Waals surface area contributed by atoms with Crippen molar-refractivity contribution in [1.82, 2.24) is 5.32 Å². The van der Waals surface area contributed by atoms with Gasteiger partial charge in [-0.1, -0.05) is 0 Å². The first-order valence-electron chi connectivity index (χ1n) is 3.21. The molecule has 1 rings (SSSR count). The van der Waals surface area contributed by atoms with Crippen LogP contribution in [0, 0.1) is 0 Å². The third-order valence-electron chi connectivity index (χ3n) is 1.71. The number of primary amides is 1. The second kappa shape index (κ2) is 3.65. The van der Waals surface area contributed by atoms with E-state index in [0.717, 1.165) is 5.88 Å². The van der Waals surface area contributed by atoms with E-state index >= 15 is 0 Å². The van der Waals surface area contributed by atoms with Crippen LogP contribution in [0.25, 0.3) is 0 Å². The van der Waals surface area contributed by atoms with Crippen molar-refractivity contribution in [2.75, 3.05) is 5.88 Å². The predicted octanol–water partition coefficient (Wildman–Crippen LogP) is 0.335. The lowest BCUT2D eigenvalue weighted by Crippen LogP contribution is -2.47. The third kappa shape index (κ3) is 2.25. The predicted molar refractivity (Wildman–Crippen MR) is 49.9 cm³/mol. The van der Waals surface area contributed by atoms with Crippen LogP contribution < -0.4 is 11.1 Å². The Labute approximate surface area is 76.9 Å². The molecule has 0 bridgehead atoms. The zero-order valence-electron chi connectivity index (χ0n) is 6.59. The number of nitrogens with two attached hydrogens (primary N) is 1. The SMILES string of the molecule is CC1(C)SCNC1C(N)=O.Cl. The van der Waals surface area contributed by atoms with Crippen LogP contribution in [0.15, 0.2) is 0 Å². The third-order valence-corrected chi connectivity index (χ3v) is 3.00. The van der Waals surface area contributed by atoms with Crippen molar-refractivity contribution in [3.05, 3.63) is 0 Å². The van der Waals surface area contributed by atoms with Crippen LogP contribution in [-0.4, -0.2) is 22.6 Å². The molecule has 0 aliphatic carbocycles. The molecule has 66 valence electrons. The molecule has 1 saturated heterocycles. The first-order chi connectivity index (χ1) is 4.54. The van der Waals surface area contributed by atoms with Gasteiger partial charge in [0.1, 0.15) is 6.04 Å². The molecule has 0 aromatic rings. The molecule has 0 aromatic carbocycles. The van der Waals surface area contributed by atoms with Gasteiger partial charge in [-0.25, -0.2) is 0 Å². The quantitative estimate of drug-likeness (QED) is 0.636. The highest BCUT2D eigenvalue weighted by atomic mass is 35.5. The molecule has 1 aliphatic rings. The van der Waals surface area contributed by atoms with Crippen LogP contribution in [-0.2, 0) is 4.79 Å². The van der Waals surface area contributed by atoms with E-state index in [1.54, 1.807) is 11.8 Å². The minimum atomic E-state index is -0.255. The molecule has 1 fully saturated rings. The minimum Gasteiger partial charge on any atom is -0.368 e. The molecule has 5 heteroatoms. The summed E-state index contributed by atoms with van der Waals surface area (Å²) in [5.41, 5.74) is 5.16. The number of hydrogen-bond acceptors (Lipinski definition) is 3. The monoisotopic (exact) mass is 196 g/mol. The summed E-state index contributed by atoms with van der Waals surface area (Å²) in [6.07, 6.45) is 0. The molecule has 1 amide bonds. The number of carbonyl (C=O) groups is 1. The average molecular weight is 197 g/mol. The van der Waals surface area contributed by atoms with Crippen molar-refractivity contribution in [2.45, 2.75) is 24.6 Å². The molecular formula is C6H13ClN2OS. The molecule has 11 heavy (non-hydrogen) atoms. The van der Waals surface area contributed by atoms with E-state index in [9.17, 15) is 4.79 Å². The Morgan fingerprint density at radius 1 is 1.73 bits per heavy atom. The summed E-state index contributed by atoms with van der Waals surface area (Å²) < 4.78 is -0.0359. The van der Waals surface area contributed by atoms with Gasteiger partial charge in [0.05, 0.1) is 0 Å². The van der Waals surface area contributed by atoms with Gasteiger partial charge in [-0.05, 0) is 13.8 Å². The fourth-order valence-corrected chi connectivity index (χ4v) is 2.07. The van der Waals surface area contributed by atoms with Gasteiger partial charge < -0.3 is 5.73 Å². The Morgan fingerprint density at radius 2 is 2.27 bits per heavy atom. The number of halogens is 1. The van der Waals surface area contributed by atoms with Gasteiger partial charge in [0, 0.05) is 10.6 Å². The Bertz CT molecular complexity index is 163. The summed E-state index contributed by atoms with van der Waals surface area (Å²) in [6.45, 7) is 4.04. The van der Waals surface area contributed by atoms with Crippen molar-refractivity contribution in [2.24, 2.45) is 5.73 Å². The Kier molecular flexibility index (Phi) is 3.67. The van der Waals surface area contributed by atoms with Gasteiger partial charge in [-0.15, -0.1) is 24.2 Å². The van der Waals surface area contributed by atoms with Crippen molar-refractivity contribution < 1.29 is 4.79 Å². The van der Waals surface area contributed by atoms with Crippen LogP contribution in [0.4, 0.5) is 0 Å². The molecule has 1 heterocycles. The highest BCUT2D eigenvalue weighted by molar-refractivity contribution is 8.00. The Hall–Kier alpha value is 0.0700. The van der Waals surface area contributed by atoms with Crippen molar-refractivity contribution in [3.8, 4) is 0 Å². The fraction of sp³-hybridized carbons (Fsp3) is 0.833. The van der Waals surface area contributed by atoms with E-state index in [-0.39, 0.29) is 29.1 Å². The molecule has 0 saturated carbocycles. The minimum absolute atomic E-state index is 0. The largest absolute Gasteiger partial charge is 0.368 e. The number of rotatable bonds is 1. The lowest BCUT2D eigenvalue weighted by atomic mass is 10.0. The number of nitrogens with one attached hydrogen (secondary N) is 1. The molecule has 0 radical (unpaired) electrons. The number of thioether (sulfide) groups is 1. The first kappa shape index (κ1) is 11.1. The van der Waals surface area contributed by atoms with Crippen LogP contribution in [0.5, 0.6) is 0 Å². The Balaban J connectivity index is 0.000001000. The number of carbonyl (C=O) groups excluding carboxylic acids is 1. The lowest BCUT2D eigenvalue weighted by Gasteiger charge is -2.21. The molecule has 3 nitrogen and oxygen atoms in total. The fourth-order valence-electron chi connectivity index (χ4n) is 1.08. The highest BCUT2D eigenvalue weighted by Gasteiger charge is 2.38. The standard InChI is InChI=1S/C6H12N2OS.ClH/c1-6(2)4(5(7)9)8-3-10-6;/h4,8H,3H2,1-2H3,(H2,7,9);1H. The molecule has 1 unspecified atom stereocenters. The lowest BCUT2D eigenvalue weighted by molar-refractivity contribution is -0.120. The molecule has 0 aromatic heterocycles. The second-order valence-electron chi connectivity index (χ2n) is 2.93. The van der Waals surface area contributed by atoms with Crippen LogP contribution in [0.2, 0.25) is 0 Å². The van der Waals surface area contributed by atoms with E-state index in [0.29, 0.717) is 0 Å². The normalized spacial score (nSPS) is 27.6.